The number of hydrogen-bond acceptors (Lipinski definition) is 3. The lowest BCUT2D eigenvalue weighted by atomic mass is 10.3. The van der Waals surface area contributed by atoms with E-state index in [-0.39, 0.29) is 6.10 Å². The maximum Gasteiger partial charge on any atom is 0.138 e. The lowest BCUT2D eigenvalue weighted by molar-refractivity contribution is 0.0551. The van der Waals surface area contributed by atoms with Crippen molar-refractivity contribution in [3.8, 4) is 0 Å². The summed E-state index contributed by atoms with van der Waals surface area (Å²) in [5.74, 6) is 1.69. The summed E-state index contributed by atoms with van der Waals surface area (Å²) in [6, 6.07) is 6.14. The number of hydrogen-bond donors (Lipinski definition) is 0. The van der Waals surface area contributed by atoms with E-state index in [1.165, 1.54) is 0 Å². The van der Waals surface area contributed by atoms with E-state index < -0.39 is 0 Å². The molecule has 0 aliphatic carbocycles. The van der Waals surface area contributed by atoms with Gasteiger partial charge in [-0.1, -0.05) is 6.07 Å². The van der Waals surface area contributed by atoms with Crippen LogP contribution in [0.5, 0.6) is 0 Å². The number of morpholine rings is 1. The molecular formula is C12H14ClN3O. The van der Waals surface area contributed by atoms with Crippen molar-refractivity contribution in [2.24, 2.45) is 0 Å². The second-order valence-electron chi connectivity index (χ2n) is 4.13. The minimum absolute atomic E-state index is 0.115. The number of anilines is 1. The smallest absolute Gasteiger partial charge is 0.138 e. The number of ether oxygens (including phenoxy) is 1. The first-order valence-corrected chi connectivity index (χ1v) is 6.26. The highest BCUT2D eigenvalue weighted by Gasteiger charge is 2.21. The van der Waals surface area contributed by atoms with Crippen molar-refractivity contribution in [3.05, 3.63) is 30.6 Å². The van der Waals surface area contributed by atoms with E-state index in [1.54, 1.807) is 0 Å². The van der Waals surface area contributed by atoms with Gasteiger partial charge in [0.2, 0.25) is 0 Å². The molecule has 1 aliphatic rings. The first-order chi connectivity index (χ1) is 8.38. The second-order valence-corrected chi connectivity index (χ2v) is 4.44. The molecule has 0 amide bonds. The monoisotopic (exact) mass is 251 g/mol. The van der Waals surface area contributed by atoms with E-state index in [2.05, 4.69) is 20.4 Å². The van der Waals surface area contributed by atoms with Gasteiger partial charge in [-0.2, -0.15) is 0 Å². The van der Waals surface area contributed by atoms with E-state index in [0.717, 1.165) is 31.2 Å². The van der Waals surface area contributed by atoms with Crippen molar-refractivity contribution < 1.29 is 4.74 Å². The molecule has 1 fully saturated rings. The van der Waals surface area contributed by atoms with Gasteiger partial charge in [-0.3, -0.25) is 4.40 Å². The lowest BCUT2D eigenvalue weighted by Gasteiger charge is -2.33. The SMILES string of the molecule is ClCC1CN(c2cccc3nccn23)CCO1. The van der Waals surface area contributed by atoms with E-state index in [4.69, 9.17) is 16.3 Å². The normalized spacial score (nSPS) is 21.0. The van der Waals surface area contributed by atoms with Crippen LogP contribution in [0.2, 0.25) is 0 Å². The van der Waals surface area contributed by atoms with Crippen LogP contribution < -0.4 is 4.90 Å². The summed E-state index contributed by atoms with van der Waals surface area (Å²) in [6.07, 6.45) is 3.91. The molecule has 17 heavy (non-hydrogen) atoms. The third kappa shape index (κ3) is 1.98. The summed E-state index contributed by atoms with van der Waals surface area (Å²) < 4.78 is 7.67. The Balaban J connectivity index is 1.94. The van der Waals surface area contributed by atoms with Crippen LogP contribution in [0.4, 0.5) is 5.82 Å². The van der Waals surface area contributed by atoms with Gasteiger partial charge in [-0.05, 0) is 12.1 Å². The first kappa shape index (κ1) is 10.9. The highest BCUT2D eigenvalue weighted by Crippen LogP contribution is 2.19. The van der Waals surface area contributed by atoms with E-state index in [9.17, 15) is 0 Å². The summed E-state index contributed by atoms with van der Waals surface area (Å²) in [4.78, 5) is 6.59. The maximum absolute atomic E-state index is 5.86. The molecule has 1 saturated heterocycles. The third-order valence-electron chi connectivity index (χ3n) is 3.04. The fourth-order valence-electron chi connectivity index (χ4n) is 2.21. The number of aromatic nitrogens is 2. The number of imidazole rings is 1. The zero-order valence-corrected chi connectivity index (χ0v) is 10.2. The van der Waals surface area contributed by atoms with Crippen LogP contribution in [-0.2, 0) is 4.74 Å². The van der Waals surface area contributed by atoms with Crippen LogP contribution in [0.25, 0.3) is 5.65 Å². The predicted molar refractivity (Wildman–Crippen MR) is 67.9 cm³/mol. The summed E-state index contributed by atoms with van der Waals surface area (Å²) in [5, 5.41) is 0. The number of pyridine rings is 1. The molecule has 2 aromatic rings. The summed E-state index contributed by atoms with van der Waals surface area (Å²) >= 11 is 5.86. The van der Waals surface area contributed by atoms with Crippen LogP contribution >= 0.6 is 11.6 Å². The molecule has 1 aliphatic heterocycles. The Morgan fingerprint density at radius 3 is 3.29 bits per heavy atom. The molecule has 3 rings (SSSR count). The van der Waals surface area contributed by atoms with Crippen molar-refractivity contribution in [1.29, 1.82) is 0 Å². The second kappa shape index (κ2) is 4.55. The molecule has 4 nitrogen and oxygen atoms in total. The van der Waals surface area contributed by atoms with Crippen molar-refractivity contribution in [3.63, 3.8) is 0 Å². The van der Waals surface area contributed by atoms with E-state index in [0.29, 0.717) is 5.88 Å². The molecule has 0 spiro atoms. The summed E-state index contributed by atoms with van der Waals surface area (Å²) in [5.41, 5.74) is 0.969. The third-order valence-corrected chi connectivity index (χ3v) is 3.39. The van der Waals surface area contributed by atoms with Crippen LogP contribution in [0.1, 0.15) is 0 Å². The van der Waals surface area contributed by atoms with Gasteiger partial charge in [0.25, 0.3) is 0 Å². The fraction of sp³-hybridized carbons (Fsp3) is 0.417. The number of halogens is 1. The molecular weight excluding hydrogens is 238 g/mol. The molecule has 1 unspecified atom stereocenters. The Hall–Kier alpha value is -1.26. The first-order valence-electron chi connectivity index (χ1n) is 5.73. The number of alkyl halides is 1. The largest absolute Gasteiger partial charge is 0.373 e. The number of fused-ring (bicyclic) bond motifs is 1. The Morgan fingerprint density at radius 1 is 1.47 bits per heavy atom. The standard InChI is InChI=1S/C12H14ClN3O/c13-8-10-9-15(6-7-17-10)12-3-1-2-11-14-4-5-16(11)12/h1-5,10H,6-9H2. The molecule has 90 valence electrons. The van der Waals surface area contributed by atoms with Crippen molar-refractivity contribution in [2.75, 3.05) is 30.5 Å². The summed E-state index contributed by atoms with van der Waals surface area (Å²) in [7, 11) is 0. The van der Waals surface area contributed by atoms with Crippen molar-refractivity contribution >= 4 is 23.1 Å². The maximum atomic E-state index is 5.86. The molecule has 0 saturated carbocycles. The van der Waals surface area contributed by atoms with E-state index in [1.807, 2.05) is 24.5 Å². The highest BCUT2D eigenvalue weighted by molar-refractivity contribution is 6.18. The number of rotatable bonds is 2. The fourth-order valence-corrected chi connectivity index (χ4v) is 2.40. The quantitative estimate of drug-likeness (QED) is 0.762. The van der Waals surface area contributed by atoms with Gasteiger partial charge in [0, 0.05) is 25.5 Å². The predicted octanol–water partition coefficient (Wildman–Crippen LogP) is 1.78. The van der Waals surface area contributed by atoms with Crippen molar-refractivity contribution in [2.45, 2.75) is 6.10 Å². The molecule has 0 aromatic carbocycles. The Bertz CT molecular complexity index is 513. The van der Waals surface area contributed by atoms with Gasteiger partial charge < -0.3 is 9.64 Å². The summed E-state index contributed by atoms with van der Waals surface area (Å²) in [6.45, 7) is 2.45. The van der Waals surface area contributed by atoms with Gasteiger partial charge in [0.15, 0.2) is 0 Å². The minimum Gasteiger partial charge on any atom is -0.373 e. The van der Waals surface area contributed by atoms with Gasteiger partial charge in [-0.15, -0.1) is 11.6 Å². The lowest BCUT2D eigenvalue weighted by Crippen LogP contribution is -2.44. The molecule has 5 heteroatoms. The topological polar surface area (TPSA) is 29.8 Å². The zero-order chi connectivity index (χ0) is 11.7. The van der Waals surface area contributed by atoms with E-state index >= 15 is 0 Å². The van der Waals surface area contributed by atoms with Crippen LogP contribution in [-0.4, -0.2) is 41.1 Å². The molecule has 0 radical (unpaired) electrons. The van der Waals surface area contributed by atoms with Crippen LogP contribution in [0, 0.1) is 0 Å². The Morgan fingerprint density at radius 2 is 2.41 bits per heavy atom. The molecule has 3 heterocycles. The molecule has 0 bridgehead atoms. The molecule has 2 aromatic heterocycles. The Labute approximate surface area is 105 Å². The van der Waals surface area contributed by atoms with Gasteiger partial charge >= 0.3 is 0 Å². The molecule has 0 N–H and O–H groups in total. The van der Waals surface area contributed by atoms with Crippen LogP contribution in [0.3, 0.4) is 0 Å². The van der Waals surface area contributed by atoms with Gasteiger partial charge in [0.05, 0.1) is 18.6 Å². The average molecular weight is 252 g/mol. The minimum atomic E-state index is 0.115. The average Bonchev–Trinajstić information content (AvgIpc) is 2.87. The highest BCUT2D eigenvalue weighted by atomic mass is 35.5. The van der Waals surface area contributed by atoms with Gasteiger partial charge in [0.1, 0.15) is 11.5 Å². The zero-order valence-electron chi connectivity index (χ0n) is 9.42. The van der Waals surface area contributed by atoms with Gasteiger partial charge in [-0.25, -0.2) is 4.98 Å². The van der Waals surface area contributed by atoms with Crippen molar-refractivity contribution in [1.82, 2.24) is 9.38 Å². The van der Waals surface area contributed by atoms with Crippen LogP contribution in [0.15, 0.2) is 30.6 Å². The molecule has 1 atom stereocenters. The Kier molecular flexibility index (Phi) is 2.91. The number of nitrogens with zero attached hydrogens (tertiary/aromatic N) is 3.